The van der Waals surface area contributed by atoms with Gasteiger partial charge in [0.2, 0.25) is 0 Å². The SMILES string of the molecule is Cc1cc(Nc2cc(C(=O)N3CCN(c4cccc(C)c4C)CC3)ccn2)no1. The van der Waals surface area contributed by atoms with Crippen LogP contribution in [0.4, 0.5) is 17.3 Å². The van der Waals surface area contributed by atoms with Crippen LogP contribution in [0.1, 0.15) is 27.2 Å². The lowest BCUT2D eigenvalue weighted by molar-refractivity contribution is 0.0746. The number of nitrogens with one attached hydrogen (secondary N) is 1. The molecule has 29 heavy (non-hydrogen) atoms. The summed E-state index contributed by atoms with van der Waals surface area (Å²) >= 11 is 0. The number of carbonyl (C=O) groups is 1. The predicted molar refractivity (Wildman–Crippen MR) is 113 cm³/mol. The molecule has 0 spiro atoms. The minimum Gasteiger partial charge on any atom is -0.368 e. The number of piperazine rings is 1. The highest BCUT2D eigenvalue weighted by molar-refractivity contribution is 5.95. The first kappa shape index (κ1) is 19.0. The summed E-state index contributed by atoms with van der Waals surface area (Å²) in [4.78, 5) is 21.5. The van der Waals surface area contributed by atoms with E-state index in [1.807, 2.05) is 11.8 Å². The van der Waals surface area contributed by atoms with Crippen LogP contribution in [0.25, 0.3) is 0 Å². The Labute approximate surface area is 170 Å². The van der Waals surface area contributed by atoms with Gasteiger partial charge in [-0.3, -0.25) is 4.79 Å². The van der Waals surface area contributed by atoms with Crippen LogP contribution >= 0.6 is 0 Å². The summed E-state index contributed by atoms with van der Waals surface area (Å²) in [5.74, 6) is 1.87. The van der Waals surface area contributed by atoms with E-state index in [1.54, 1.807) is 24.4 Å². The van der Waals surface area contributed by atoms with E-state index in [1.165, 1.54) is 16.8 Å². The Morgan fingerprint density at radius 3 is 2.55 bits per heavy atom. The number of benzene rings is 1. The highest BCUT2D eigenvalue weighted by Gasteiger charge is 2.23. The molecule has 1 fully saturated rings. The Hall–Kier alpha value is -3.35. The third-order valence-electron chi connectivity index (χ3n) is 5.37. The molecule has 0 unspecified atom stereocenters. The zero-order chi connectivity index (χ0) is 20.4. The number of rotatable bonds is 4. The fraction of sp³-hybridized carbons (Fsp3) is 0.318. The van der Waals surface area contributed by atoms with Crippen molar-refractivity contribution in [2.45, 2.75) is 20.8 Å². The first-order chi connectivity index (χ1) is 14.0. The fourth-order valence-corrected chi connectivity index (χ4v) is 3.60. The zero-order valence-corrected chi connectivity index (χ0v) is 17.0. The van der Waals surface area contributed by atoms with E-state index >= 15 is 0 Å². The van der Waals surface area contributed by atoms with Crippen LogP contribution in [-0.4, -0.2) is 47.1 Å². The molecular formula is C22H25N5O2. The van der Waals surface area contributed by atoms with E-state index < -0.39 is 0 Å². The number of hydrogen-bond donors (Lipinski definition) is 1. The normalized spacial score (nSPS) is 14.2. The molecule has 7 heteroatoms. The van der Waals surface area contributed by atoms with Gasteiger partial charge in [-0.2, -0.15) is 0 Å². The maximum Gasteiger partial charge on any atom is 0.254 e. The molecule has 0 saturated carbocycles. The highest BCUT2D eigenvalue weighted by Crippen LogP contribution is 2.24. The van der Waals surface area contributed by atoms with Gasteiger partial charge in [-0.25, -0.2) is 4.98 Å². The van der Waals surface area contributed by atoms with E-state index in [4.69, 9.17) is 4.52 Å². The second-order valence-electron chi connectivity index (χ2n) is 7.38. The van der Waals surface area contributed by atoms with Gasteiger partial charge in [0.25, 0.3) is 5.91 Å². The summed E-state index contributed by atoms with van der Waals surface area (Å²) in [5, 5.41) is 6.97. The van der Waals surface area contributed by atoms with Crippen LogP contribution in [0.5, 0.6) is 0 Å². The smallest absolute Gasteiger partial charge is 0.254 e. The van der Waals surface area contributed by atoms with Crippen LogP contribution in [0, 0.1) is 20.8 Å². The second-order valence-corrected chi connectivity index (χ2v) is 7.38. The van der Waals surface area contributed by atoms with Crippen LogP contribution in [0.3, 0.4) is 0 Å². The van der Waals surface area contributed by atoms with Crippen molar-refractivity contribution < 1.29 is 9.32 Å². The molecule has 1 aliphatic rings. The zero-order valence-electron chi connectivity index (χ0n) is 17.0. The molecule has 7 nitrogen and oxygen atoms in total. The Kier molecular flexibility index (Phi) is 5.20. The van der Waals surface area contributed by atoms with Crippen LogP contribution in [0.2, 0.25) is 0 Å². The van der Waals surface area contributed by atoms with Crippen LogP contribution < -0.4 is 10.2 Å². The molecule has 3 heterocycles. The second kappa shape index (κ2) is 7.95. The molecule has 0 bridgehead atoms. The standard InChI is InChI=1S/C22H25N5O2/c1-15-5-4-6-19(17(15)3)26-9-11-27(12-10-26)22(28)18-7-8-23-20(14-18)24-21-13-16(2)29-25-21/h4-8,13-14H,9-12H2,1-3H3,(H,23,24,25). The summed E-state index contributed by atoms with van der Waals surface area (Å²) in [6.07, 6.45) is 1.63. The molecule has 4 rings (SSSR count). The van der Waals surface area contributed by atoms with Crippen molar-refractivity contribution in [1.29, 1.82) is 0 Å². The summed E-state index contributed by atoms with van der Waals surface area (Å²) in [5.41, 5.74) is 4.47. The van der Waals surface area contributed by atoms with Gasteiger partial charge in [0, 0.05) is 49.7 Å². The van der Waals surface area contributed by atoms with Crippen molar-refractivity contribution in [3.05, 3.63) is 65.0 Å². The van der Waals surface area contributed by atoms with Crippen molar-refractivity contribution in [3.63, 3.8) is 0 Å². The molecule has 0 aliphatic carbocycles. The summed E-state index contributed by atoms with van der Waals surface area (Å²) in [6, 6.07) is 11.7. The minimum atomic E-state index is 0.0207. The Morgan fingerprint density at radius 1 is 1.03 bits per heavy atom. The number of nitrogens with zero attached hydrogens (tertiary/aromatic N) is 4. The van der Waals surface area contributed by atoms with E-state index in [0.29, 0.717) is 36.0 Å². The Bertz CT molecular complexity index is 1020. The van der Waals surface area contributed by atoms with Gasteiger partial charge >= 0.3 is 0 Å². The average Bonchev–Trinajstić information content (AvgIpc) is 3.14. The summed E-state index contributed by atoms with van der Waals surface area (Å²) in [6.45, 7) is 9.15. The molecule has 150 valence electrons. The number of aromatic nitrogens is 2. The lowest BCUT2D eigenvalue weighted by Crippen LogP contribution is -2.49. The summed E-state index contributed by atoms with van der Waals surface area (Å²) in [7, 11) is 0. The molecule has 2 aromatic heterocycles. The van der Waals surface area contributed by atoms with Crippen LogP contribution in [0.15, 0.2) is 47.1 Å². The summed E-state index contributed by atoms with van der Waals surface area (Å²) < 4.78 is 5.05. The maximum atomic E-state index is 13.0. The molecule has 1 aliphatic heterocycles. The monoisotopic (exact) mass is 391 g/mol. The Balaban J connectivity index is 1.42. The van der Waals surface area contributed by atoms with Crippen molar-refractivity contribution in [1.82, 2.24) is 15.0 Å². The van der Waals surface area contributed by atoms with Gasteiger partial charge in [-0.05, 0) is 50.1 Å². The first-order valence-electron chi connectivity index (χ1n) is 9.78. The number of hydrogen-bond acceptors (Lipinski definition) is 6. The third kappa shape index (κ3) is 4.08. The average molecular weight is 391 g/mol. The van der Waals surface area contributed by atoms with Crippen molar-refractivity contribution >= 4 is 23.2 Å². The Morgan fingerprint density at radius 2 is 1.83 bits per heavy atom. The van der Waals surface area contributed by atoms with E-state index in [0.717, 1.165) is 13.1 Å². The molecule has 3 aromatic rings. The molecule has 0 radical (unpaired) electrons. The van der Waals surface area contributed by atoms with E-state index in [-0.39, 0.29) is 5.91 Å². The lowest BCUT2D eigenvalue weighted by atomic mass is 10.1. The number of anilines is 3. The highest BCUT2D eigenvalue weighted by atomic mass is 16.5. The fourth-order valence-electron chi connectivity index (χ4n) is 3.60. The lowest BCUT2D eigenvalue weighted by Gasteiger charge is -2.37. The number of aryl methyl sites for hydroxylation is 2. The minimum absolute atomic E-state index is 0.0207. The first-order valence-corrected chi connectivity index (χ1v) is 9.78. The molecular weight excluding hydrogens is 366 g/mol. The third-order valence-corrected chi connectivity index (χ3v) is 5.37. The molecule has 1 aromatic carbocycles. The molecule has 1 amide bonds. The van der Waals surface area contributed by atoms with Gasteiger partial charge in [-0.1, -0.05) is 17.3 Å². The quantitative estimate of drug-likeness (QED) is 0.731. The number of carbonyl (C=O) groups excluding carboxylic acids is 1. The van der Waals surface area contributed by atoms with Gasteiger partial charge in [-0.15, -0.1) is 0 Å². The van der Waals surface area contributed by atoms with E-state index in [9.17, 15) is 4.79 Å². The van der Waals surface area contributed by atoms with Gasteiger partial charge in [0.15, 0.2) is 5.82 Å². The number of amides is 1. The van der Waals surface area contributed by atoms with Gasteiger partial charge in [0.1, 0.15) is 11.6 Å². The topological polar surface area (TPSA) is 74.5 Å². The predicted octanol–water partition coefficient (Wildman–Crippen LogP) is 3.70. The van der Waals surface area contributed by atoms with Gasteiger partial charge in [0.05, 0.1) is 0 Å². The van der Waals surface area contributed by atoms with Crippen LogP contribution in [-0.2, 0) is 0 Å². The van der Waals surface area contributed by atoms with E-state index in [2.05, 4.69) is 52.4 Å². The largest absolute Gasteiger partial charge is 0.368 e. The number of pyridine rings is 1. The molecule has 0 atom stereocenters. The van der Waals surface area contributed by atoms with Gasteiger partial charge < -0.3 is 19.6 Å². The van der Waals surface area contributed by atoms with Crippen molar-refractivity contribution in [3.8, 4) is 0 Å². The van der Waals surface area contributed by atoms with Crippen molar-refractivity contribution in [2.75, 3.05) is 36.4 Å². The maximum absolute atomic E-state index is 13.0. The van der Waals surface area contributed by atoms with Crippen molar-refractivity contribution in [2.24, 2.45) is 0 Å². The molecule has 1 N–H and O–H groups in total. The molecule has 1 saturated heterocycles.